The third kappa shape index (κ3) is 7.07. The Morgan fingerprint density at radius 1 is 1.16 bits per heavy atom. The van der Waals surface area contributed by atoms with Crippen molar-refractivity contribution in [3.05, 3.63) is 42.0 Å². The Morgan fingerprint density at radius 3 is 2.22 bits per heavy atom. The number of amides is 2. The summed E-state index contributed by atoms with van der Waals surface area (Å²) < 4.78 is 0. The van der Waals surface area contributed by atoms with Crippen molar-refractivity contribution >= 4 is 11.8 Å². The minimum atomic E-state index is -0.335. The third-order valence-electron chi connectivity index (χ3n) is 5.95. The van der Waals surface area contributed by atoms with Crippen LogP contribution in [0, 0.1) is 5.92 Å². The molecule has 1 aliphatic rings. The van der Waals surface area contributed by atoms with Crippen LogP contribution in [0.1, 0.15) is 59.9 Å². The Morgan fingerprint density at radius 2 is 1.72 bits per heavy atom. The molecule has 0 unspecified atom stereocenters. The lowest BCUT2D eigenvalue weighted by Crippen LogP contribution is -2.63. The number of hydrogen-bond donors (Lipinski definition) is 3. The highest BCUT2D eigenvalue weighted by atomic mass is 16.7. The summed E-state index contributed by atoms with van der Waals surface area (Å²) in [6, 6.07) is 6.71. The number of phenolic OH excluding ortho intramolecular Hbond substituents is 1. The minimum Gasteiger partial charge on any atom is -0.508 e. The van der Waals surface area contributed by atoms with Crippen molar-refractivity contribution in [3.63, 3.8) is 0 Å². The van der Waals surface area contributed by atoms with E-state index in [9.17, 15) is 14.7 Å². The van der Waals surface area contributed by atoms with Gasteiger partial charge in [-0.25, -0.2) is 0 Å². The SMILES string of the molecule is CON1C(C)(C)CC(NC(=O)[C@@H](C)/C=C/[C@H](Cc2ccc(O)cc2)NC(C)=O)CC1(C)C. The Bertz CT molecular complexity index is 799. The van der Waals surface area contributed by atoms with Gasteiger partial charge in [0.1, 0.15) is 5.75 Å². The molecule has 1 heterocycles. The van der Waals surface area contributed by atoms with Gasteiger partial charge >= 0.3 is 0 Å². The van der Waals surface area contributed by atoms with Crippen LogP contribution in [0.5, 0.6) is 5.75 Å². The number of hydroxylamine groups is 2. The highest BCUT2D eigenvalue weighted by molar-refractivity contribution is 5.80. The molecule has 3 N–H and O–H groups in total. The Balaban J connectivity index is 2.02. The van der Waals surface area contributed by atoms with Crippen LogP contribution in [0.3, 0.4) is 0 Å². The van der Waals surface area contributed by atoms with E-state index in [2.05, 4.69) is 38.3 Å². The van der Waals surface area contributed by atoms with E-state index in [1.165, 1.54) is 6.92 Å². The summed E-state index contributed by atoms with van der Waals surface area (Å²) in [7, 11) is 1.69. The number of aromatic hydroxyl groups is 1. The number of benzene rings is 1. The molecular formula is C25H39N3O4. The molecule has 0 saturated carbocycles. The quantitative estimate of drug-likeness (QED) is 0.534. The third-order valence-corrected chi connectivity index (χ3v) is 5.95. The highest BCUT2D eigenvalue weighted by Crippen LogP contribution is 2.38. The van der Waals surface area contributed by atoms with Gasteiger partial charge in [0.25, 0.3) is 0 Å². The maximum atomic E-state index is 12.9. The fraction of sp³-hybridized carbons (Fsp3) is 0.600. The number of carbonyl (C=O) groups is 2. The van der Waals surface area contributed by atoms with Crippen molar-refractivity contribution in [2.24, 2.45) is 5.92 Å². The average molecular weight is 446 g/mol. The van der Waals surface area contributed by atoms with Crippen LogP contribution in [0.25, 0.3) is 0 Å². The highest BCUT2D eigenvalue weighted by Gasteiger charge is 2.46. The van der Waals surface area contributed by atoms with E-state index >= 15 is 0 Å². The van der Waals surface area contributed by atoms with Gasteiger partial charge in [-0.05, 0) is 64.7 Å². The number of carbonyl (C=O) groups excluding carboxylic acids is 2. The molecule has 1 aromatic carbocycles. The topological polar surface area (TPSA) is 90.9 Å². The van der Waals surface area contributed by atoms with E-state index < -0.39 is 0 Å². The fourth-order valence-electron chi connectivity index (χ4n) is 4.89. The molecule has 1 aliphatic heterocycles. The molecule has 1 fully saturated rings. The second-order valence-electron chi connectivity index (χ2n) is 10.1. The summed E-state index contributed by atoms with van der Waals surface area (Å²) in [5, 5.41) is 17.6. The smallest absolute Gasteiger partial charge is 0.226 e. The Kier molecular flexibility index (Phi) is 8.48. The van der Waals surface area contributed by atoms with E-state index in [0.717, 1.165) is 18.4 Å². The molecule has 7 nitrogen and oxygen atoms in total. The van der Waals surface area contributed by atoms with Gasteiger partial charge in [-0.3, -0.25) is 9.59 Å². The minimum absolute atomic E-state index is 0.0325. The first-order valence-electron chi connectivity index (χ1n) is 11.2. The summed E-state index contributed by atoms with van der Waals surface area (Å²) in [5.74, 6) is -0.300. The lowest BCUT2D eigenvalue weighted by molar-refractivity contribution is -0.267. The predicted octanol–water partition coefficient (Wildman–Crippen LogP) is 3.33. The summed E-state index contributed by atoms with van der Waals surface area (Å²) >= 11 is 0. The number of nitrogens with one attached hydrogen (secondary N) is 2. The molecule has 178 valence electrons. The van der Waals surface area contributed by atoms with Crippen LogP contribution in [0.4, 0.5) is 0 Å². The summed E-state index contributed by atoms with van der Waals surface area (Å²) in [5.41, 5.74) is 0.583. The molecule has 0 spiro atoms. The van der Waals surface area contributed by atoms with E-state index in [4.69, 9.17) is 4.84 Å². The maximum Gasteiger partial charge on any atom is 0.226 e. The zero-order valence-corrected chi connectivity index (χ0v) is 20.4. The van der Waals surface area contributed by atoms with E-state index in [1.807, 2.05) is 36.3 Å². The van der Waals surface area contributed by atoms with Crippen LogP contribution < -0.4 is 10.6 Å². The first kappa shape index (κ1) is 25.9. The van der Waals surface area contributed by atoms with Crippen LogP contribution in [0.15, 0.2) is 36.4 Å². The second kappa shape index (κ2) is 10.5. The summed E-state index contributed by atoms with van der Waals surface area (Å²) in [4.78, 5) is 30.2. The van der Waals surface area contributed by atoms with Gasteiger partial charge in [-0.2, -0.15) is 5.06 Å². The summed E-state index contributed by atoms with van der Waals surface area (Å²) in [6.07, 6.45) is 5.88. The van der Waals surface area contributed by atoms with Gasteiger partial charge in [-0.15, -0.1) is 0 Å². The molecule has 2 rings (SSSR count). The standard InChI is InChI=1S/C25H39N3O4/c1-17(8-11-20(26-18(2)29)14-19-9-12-22(30)13-10-19)23(31)27-21-15-24(3,4)28(32-7)25(5,6)16-21/h8-13,17,20-21,30H,14-16H2,1-7H3,(H,26,29)(H,27,31)/b11-8+/t17-,20+/m0/s1. The predicted molar refractivity (Wildman–Crippen MR) is 126 cm³/mol. The van der Waals surface area contributed by atoms with Crippen molar-refractivity contribution in [1.82, 2.24) is 15.7 Å². The first-order chi connectivity index (χ1) is 14.8. The molecular weight excluding hydrogens is 406 g/mol. The number of hydrogen-bond acceptors (Lipinski definition) is 5. The van der Waals surface area contributed by atoms with Crippen molar-refractivity contribution in [1.29, 1.82) is 0 Å². The van der Waals surface area contributed by atoms with E-state index in [-0.39, 0.29) is 46.6 Å². The maximum absolute atomic E-state index is 12.9. The Labute approximate surface area is 192 Å². The van der Waals surface area contributed by atoms with Crippen LogP contribution in [-0.2, 0) is 20.8 Å². The average Bonchev–Trinajstić information content (AvgIpc) is 2.65. The van der Waals surface area contributed by atoms with Crippen molar-refractivity contribution < 1.29 is 19.5 Å². The molecule has 0 radical (unpaired) electrons. The fourth-order valence-corrected chi connectivity index (χ4v) is 4.89. The molecule has 1 aromatic rings. The van der Waals surface area contributed by atoms with Gasteiger partial charge in [0.15, 0.2) is 0 Å². The normalized spacial score (nSPS) is 20.6. The molecule has 0 aromatic heterocycles. The second-order valence-corrected chi connectivity index (χ2v) is 10.1. The first-order valence-corrected chi connectivity index (χ1v) is 11.2. The summed E-state index contributed by atoms with van der Waals surface area (Å²) in [6.45, 7) is 11.8. The molecule has 2 amide bonds. The molecule has 0 aliphatic carbocycles. The molecule has 7 heteroatoms. The molecule has 32 heavy (non-hydrogen) atoms. The Hall–Kier alpha value is -2.38. The number of rotatable bonds is 8. The monoisotopic (exact) mass is 445 g/mol. The van der Waals surface area contributed by atoms with Gasteiger partial charge in [0.05, 0.1) is 19.1 Å². The van der Waals surface area contributed by atoms with Gasteiger partial charge < -0.3 is 20.6 Å². The molecule has 2 atom stereocenters. The van der Waals surface area contributed by atoms with Crippen molar-refractivity contribution in [2.45, 2.75) is 84.0 Å². The van der Waals surface area contributed by atoms with Crippen molar-refractivity contribution in [3.8, 4) is 5.75 Å². The van der Waals surface area contributed by atoms with Crippen LogP contribution in [0.2, 0.25) is 0 Å². The van der Waals surface area contributed by atoms with Crippen molar-refractivity contribution in [2.75, 3.05) is 7.11 Å². The zero-order valence-electron chi connectivity index (χ0n) is 20.4. The van der Waals surface area contributed by atoms with Crippen LogP contribution >= 0.6 is 0 Å². The van der Waals surface area contributed by atoms with Gasteiger partial charge in [0, 0.05) is 24.0 Å². The zero-order chi connectivity index (χ0) is 24.1. The number of nitrogens with zero attached hydrogens (tertiary/aromatic N) is 1. The lowest BCUT2D eigenvalue weighted by atomic mass is 9.79. The lowest BCUT2D eigenvalue weighted by Gasteiger charge is -2.53. The number of piperidine rings is 1. The number of phenols is 1. The van der Waals surface area contributed by atoms with Gasteiger partial charge in [0.2, 0.25) is 11.8 Å². The van der Waals surface area contributed by atoms with E-state index in [0.29, 0.717) is 6.42 Å². The van der Waals surface area contributed by atoms with Gasteiger partial charge in [-0.1, -0.05) is 31.2 Å². The largest absolute Gasteiger partial charge is 0.508 e. The molecule has 0 bridgehead atoms. The van der Waals surface area contributed by atoms with E-state index in [1.54, 1.807) is 19.2 Å². The van der Waals surface area contributed by atoms with Crippen LogP contribution in [-0.4, -0.2) is 52.3 Å². The molecule has 1 saturated heterocycles.